The van der Waals surface area contributed by atoms with Gasteiger partial charge in [-0.15, -0.1) is 0 Å². The molecular weight excluding hydrogens is 516 g/mol. The predicted octanol–water partition coefficient (Wildman–Crippen LogP) is 3.52. The Morgan fingerprint density at radius 1 is 0.975 bits per heavy atom. The number of aliphatic imine (C=N–C) groups is 1. The van der Waals surface area contributed by atoms with E-state index in [1.807, 2.05) is 43.0 Å². The van der Waals surface area contributed by atoms with E-state index in [1.54, 1.807) is 24.3 Å². The highest BCUT2D eigenvalue weighted by molar-refractivity contribution is 6.05. The van der Waals surface area contributed by atoms with Gasteiger partial charge in [-0.2, -0.15) is 0 Å². The van der Waals surface area contributed by atoms with Gasteiger partial charge in [-0.05, 0) is 48.2 Å². The van der Waals surface area contributed by atoms with E-state index in [0.717, 1.165) is 34.4 Å². The van der Waals surface area contributed by atoms with E-state index in [-0.39, 0.29) is 31.0 Å². The summed E-state index contributed by atoms with van der Waals surface area (Å²) in [5.41, 5.74) is 10.1. The topological polar surface area (TPSA) is 165 Å². The third-order valence-electron chi connectivity index (χ3n) is 7.10. The predicted molar refractivity (Wildman–Crippen MR) is 150 cm³/mol. The molecule has 0 aromatic heterocycles. The van der Waals surface area contributed by atoms with Crippen molar-refractivity contribution in [2.45, 2.75) is 45.2 Å². The van der Waals surface area contributed by atoms with E-state index in [0.29, 0.717) is 30.2 Å². The van der Waals surface area contributed by atoms with E-state index < -0.39 is 27.8 Å². The van der Waals surface area contributed by atoms with E-state index in [2.05, 4.69) is 4.99 Å². The highest BCUT2D eigenvalue weighted by Gasteiger charge is 2.50. The maximum Gasteiger partial charge on any atom is 0.297 e. The van der Waals surface area contributed by atoms with Crippen LogP contribution in [0.4, 0.5) is 5.69 Å². The Kier molecular flexibility index (Phi) is 8.56. The van der Waals surface area contributed by atoms with Crippen LogP contribution in [0.3, 0.4) is 0 Å². The lowest BCUT2D eigenvalue weighted by atomic mass is 9.99. The number of nitrogens with two attached hydrogens (primary N) is 1. The molecule has 4 rings (SSSR count). The third-order valence-corrected chi connectivity index (χ3v) is 7.10. The van der Waals surface area contributed by atoms with Crippen LogP contribution in [0, 0.1) is 20.2 Å². The molecule has 2 heterocycles. The summed E-state index contributed by atoms with van der Waals surface area (Å²) in [6.45, 7) is 4.81. The van der Waals surface area contributed by atoms with Gasteiger partial charge < -0.3 is 15.5 Å². The minimum atomic E-state index is -1.43. The molecule has 1 fully saturated rings. The fourth-order valence-corrected chi connectivity index (χ4v) is 5.10. The van der Waals surface area contributed by atoms with Crippen LogP contribution in [0.1, 0.15) is 49.0 Å². The van der Waals surface area contributed by atoms with Crippen molar-refractivity contribution in [2.24, 2.45) is 10.7 Å². The van der Waals surface area contributed by atoms with Crippen molar-refractivity contribution in [3.05, 3.63) is 79.4 Å². The largest absolute Gasteiger partial charge is 0.387 e. The number of nitro groups is 2. The molecule has 2 aromatic carbocycles. The highest BCUT2D eigenvalue weighted by Crippen LogP contribution is 2.32. The van der Waals surface area contributed by atoms with Crippen LogP contribution in [0.15, 0.2) is 53.0 Å². The van der Waals surface area contributed by atoms with Crippen LogP contribution in [-0.4, -0.2) is 75.6 Å². The van der Waals surface area contributed by atoms with Crippen LogP contribution in [0.5, 0.6) is 0 Å². The molecule has 12 nitrogen and oxygen atoms in total. The number of amides is 2. The summed E-state index contributed by atoms with van der Waals surface area (Å²) >= 11 is 0. The Morgan fingerprint density at radius 2 is 1.55 bits per heavy atom. The van der Waals surface area contributed by atoms with Crippen molar-refractivity contribution in [2.75, 3.05) is 26.2 Å². The first-order valence-electron chi connectivity index (χ1n) is 13.3. The van der Waals surface area contributed by atoms with Gasteiger partial charge in [-0.25, -0.2) is 4.99 Å². The minimum absolute atomic E-state index is 0.0360. The molecule has 0 spiro atoms. The minimum Gasteiger partial charge on any atom is -0.387 e. The number of rotatable bonds is 9. The number of hydrogen-bond donors (Lipinski definition) is 1. The maximum absolute atomic E-state index is 13.2. The average molecular weight is 549 g/mol. The molecule has 0 bridgehead atoms. The lowest BCUT2D eigenvalue weighted by Gasteiger charge is -2.22. The number of benzene rings is 2. The van der Waals surface area contributed by atoms with E-state index in [9.17, 15) is 29.8 Å². The molecule has 210 valence electrons. The monoisotopic (exact) mass is 548 g/mol. The van der Waals surface area contributed by atoms with Gasteiger partial charge in [0.05, 0.1) is 18.8 Å². The summed E-state index contributed by atoms with van der Waals surface area (Å²) in [6, 6.07) is 9.43. The number of likely N-dealkylation sites (tertiary alicyclic amines) is 1. The standard InChI is InChI=1S/C28H32N6O6/c1-3-11-31(12-4-2)28(36)22-13-21-10-9-20(14-23(21)30-26(29)15-22)18-5-7-19(8-6-18)27(35)32-16-24(33(37)38)25(17-32)34(39)40/h5-10,13-14,24-25H,3-4,11-12,15-17H2,1-2H3,(H2,29,30)/t24-,25-/m1/s1. The number of carbonyl (C=O) groups is 2. The average Bonchev–Trinajstić information content (AvgIpc) is 3.32. The molecule has 0 aliphatic carbocycles. The Labute approximate surface area is 231 Å². The molecule has 2 N–H and O–H groups in total. The lowest BCUT2D eigenvalue weighted by molar-refractivity contribution is -0.606. The zero-order valence-electron chi connectivity index (χ0n) is 22.5. The molecule has 2 atom stereocenters. The van der Waals surface area contributed by atoms with Crippen molar-refractivity contribution < 1.29 is 19.4 Å². The number of amidine groups is 1. The summed E-state index contributed by atoms with van der Waals surface area (Å²) in [5.74, 6) is -0.188. The van der Waals surface area contributed by atoms with Gasteiger partial charge in [-0.3, -0.25) is 29.8 Å². The zero-order chi connectivity index (χ0) is 29.0. The number of hydrogen-bond acceptors (Lipinski definition) is 8. The summed E-state index contributed by atoms with van der Waals surface area (Å²) < 4.78 is 0. The van der Waals surface area contributed by atoms with E-state index in [4.69, 9.17) is 5.73 Å². The summed E-state index contributed by atoms with van der Waals surface area (Å²) in [5, 5.41) is 22.4. The number of fused-ring (bicyclic) bond motifs is 1. The van der Waals surface area contributed by atoms with Gasteiger partial charge >= 0.3 is 0 Å². The van der Waals surface area contributed by atoms with Crippen LogP contribution < -0.4 is 5.73 Å². The molecule has 2 amide bonds. The van der Waals surface area contributed by atoms with Crippen LogP contribution in [-0.2, 0) is 4.79 Å². The second-order valence-corrected chi connectivity index (χ2v) is 10.0. The second kappa shape index (κ2) is 12.1. The molecule has 1 saturated heterocycles. The molecule has 2 aromatic rings. The van der Waals surface area contributed by atoms with Gasteiger partial charge in [-0.1, -0.05) is 38.1 Å². The fourth-order valence-electron chi connectivity index (χ4n) is 5.10. The smallest absolute Gasteiger partial charge is 0.297 e. The maximum atomic E-state index is 13.2. The van der Waals surface area contributed by atoms with Gasteiger partial charge in [0.15, 0.2) is 0 Å². The fraction of sp³-hybridized carbons (Fsp3) is 0.393. The zero-order valence-corrected chi connectivity index (χ0v) is 22.5. The van der Waals surface area contributed by atoms with Gasteiger partial charge in [0, 0.05) is 46.1 Å². The van der Waals surface area contributed by atoms with Gasteiger partial charge in [0.25, 0.3) is 18.0 Å². The third kappa shape index (κ3) is 6.00. The quantitative estimate of drug-likeness (QED) is 0.370. The van der Waals surface area contributed by atoms with Crippen molar-refractivity contribution >= 4 is 29.4 Å². The SMILES string of the molecule is CCCN(CCC)C(=O)C1=Cc2ccc(-c3ccc(C(=O)N4C[C@@H]([N+](=O)[O-])[C@H]([N+](=O)[O-])C4)cc3)cc2N=C(N)C1. The Balaban J connectivity index is 1.55. The number of carbonyl (C=O) groups excluding carboxylic acids is 2. The Morgan fingerprint density at radius 3 is 2.10 bits per heavy atom. The molecule has 0 saturated carbocycles. The van der Waals surface area contributed by atoms with Crippen LogP contribution >= 0.6 is 0 Å². The van der Waals surface area contributed by atoms with Gasteiger partial charge in [0.1, 0.15) is 5.84 Å². The molecule has 2 aliphatic heterocycles. The second-order valence-electron chi connectivity index (χ2n) is 10.0. The molecule has 0 unspecified atom stereocenters. The highest BCUT2D eigenvalue weighted by atomic mass is 16.6. The Bertz CT molecular complexity index is 1360. The molecule has 40 heavy (non-hydrogen) atoms. The first-order valence-corrected chi connectivity index (χ1v) is 13.3. The summed E-state index contributed by atoms with van der Waals surface area (Å²) in [6.07, 6.45) is 3.83. The van der Waals surface area contributed by atoms with Crippen LogP contribution in [0.25, 0.3) is 17.2 Å². The van der Waals surface area contributed by atoms with E-state index in [1.165, 1.54) is 0 Å². The van der Waals surface area contributed by atoms with Crippen molar-refractivity contribution in [1.82, 2.24) is 9.80 Å². The normalized spacial score (nSPS) is 18.3. The van der Waals surface area contributed by atoms with Crippen LogP contribution in [0.2, 0.25) is 0 Å². The first kappa shape index (κ1) is 28.4. The molecule has 12 heteroatoms. The van der Waals surface area contributed by atoms with E-state index >= 15 is 0 Å². The molecular formula is C28H32N6O6. The summed E-state index contributed by atoms with van der Waals surface area (Å²) in [4.78, 5) is 54.7. The number of nitrogens with zero attached hydrogens (tertiary/aromatic N) is 5. The lowest BCUT2D eigenvalue weighted by Crippen LogP contribution is -2.37. The van der Waals surface area contributed by atoms with Crippen molar-refractivity contribution in [1.29, 1.82) is 0 Å². The van der Waals surface area contributed by atoms with Gasteiger partial charge in [0.2, 0.25) is 5.91 Å². The summed E-state index contributed by atoms with van der Waals surface area (Å²) in [7, 11) is 0. The van der Waals surface area contributed by atoms with Crippen molar-refractivity contribution in [3.8, 4) is 11.1 Å². The Hall–Kier alpha value is -4.61. The van der Waals surface area contributed by atoms with Crippen molar-refractivity contribution in [3.63, 3.8) is 0 Å². The molecule has 0 radical (unpaired) electrons. The molecule has 2 aliphatic rings. The first-order chi connectivity index (χ1) is 19.1.